The number of fused-ring (bicyclic) bond motifs is 1. The molecule has 0 radical (unpaired) electrons. The molecule has 4 atom stereocenters. The molecule has 2 amide bonds. The number of nitrogens with zero attached hydrogens (tertiary/aromatic N) is 1. The first-order chi connectivity index (χ1) is 15.3. The summed E-state index contributed by atoms with van der Waals surface area (Å²) < 4.78 is 6.23. The van der Waals surface area contributed by atoms with Crippen molar-refractivity contribution < 1.29 is 19.2 Å². The summed E-state index contributed by atoms with van der Waals surface area (Å²) in [6.07, 6.45) is 4.68. The number of thiophene rings is 1. The summed E-state index contributed by atoms with van der Waals surface area (Å²) in [6, 6.07) is 4.05. The second kappa shape index (κ2) is 9.65. The second-order valence-electron chi connectivity index (χ2n) is 10.5. The van der Waals surface area contributed by atoms with Crippen LogP contribution >= 0.6 is 11.3 Å². The van der Waals surface area contributed by atoms with E-state index in [1.807, 2.05) is 34.6 Å². The van der Waals surface area contributed by atoms with Crippen molar-refractivity contribution in [3.05, 3.63) is 34.5 Å². The number of hydrogen-bond acceptors (Lipinski definition) is 4. The molecule has 32 heavy (non-hydrogen) atoms. The number of rotatable bonds is 11. The van der Waals surface area contributed by atoms with E-state index in [0.29, 0.717) is 31.5 Å². The lowest BCUT2D eigenvalue weighted by Gasteiger charge is -2.25. The monoisotopic (exact) mass is 460 g/mol. The van der Waals surface area contributed by atoms with Gasteiger partial charge in [-0.1, -0.05) is 45.9 Å². The zero-order valence-corrected chi connectivity index (χ0v) is 20.6. The highest BCUT2D eigenvalue weighted by molar-refractivity contribution is 7.09. The van der Waals surface area contributed by atoms with Crippen molar-refractivity contribution in [2.45, 2.75) is 52.4 Å². The molecule has 3 aliphatic rings. The summed E-state index contributed by atoms with van der Waals surface area (Å²) in [5.74, 6) is 0.523. The van der Waals surface area contributed by atoms with Crippen molar-refractivity contribution in [3.63, 3.8) is 0 Å². The van der Waals surface area contributed by atoms with E-state index in [4.69, 9.17) is 4.74 Å². The van der Waals surface area contributed by atoms with Gasteiger partial charge < -0.3 is 19.9 Å². The molecule has 1 aromatic rings. The predicted octanol–water partition coefficient (Wildman–Crippen LogP) is 1.73. The summed E-state index contributed by atoms with van der Waals surface area (Å²) in [5.41, 5.74) is -0.628. The molecule has 3 aliphatic heterocycles. The first kappa shape index (κ1) is 23.5. The highest BCUT2D eigenvalue weighted by atomic mass is 32.1. The van der Waals surface area contributed by atoms with E-state index in [9.17, 15) is 9.59 Å². The Balaban J connectivity index is 1.32. The smallest absolute Gasteiger partial charge is 0.230 e. The van der Waals surface area contributed by atoms with Crippen LogP contribution in [0.4, 0.5) is 0 Å². The van der Waals surface area contributed by atoms with Crippen molar-refractivity contribution in [2.75, 3.05) is 32.7 Å². The minimum atomic E-state index is -0.628. The van der Waals surface area contributed by atoms with Crippen LogP contribution in [0.5, 0.6) is 0 Å². The Morgan fingerprint density at radius 3 is 2.72 bits per heavy atom. The number of hydrogen-bond donors (Lipinski definition) is 2. The Bertz CT molecular complexity index is 827. The van der Waals surface area contributed by atoms with Gasteiger partial charge in [-0.15, -0.1) is 11.3 Å². The summed E-state index contributed by atoms with van der Waals surface area (Å²) in [6.45, 7) is 14.2. The van der Waals surface area contributed by atoms with Crippen LogP contribution in [0.2, 0.25) is 0 Å². The van der Waals surface area contributed by atoms with E-state index in [0.717, 1.165) is 30.9 Å². The number of quaternary nitrogens is 1. The van der Waals surface area contributed by atoms with Crippen LogP contribution in [0.3, 0.4) is 0 Å². The Hall–Kier alpha value is -1.70. The summed E-state index contributed by atoms with van der Waals surface area (Å²) in [7, 11) is 0. The third kappa shape index (κ3) is 4.80. The fourth-order valence-electron chi connectivity index (χ4n) is 5.71. The van der Waals surface area contributed by atoms with Crippen LogP contribution in [0.1, 0.15) is 39.0 Å². The molecular weight excluding hydrogens is 422 g/mol. The minimum Gasteiger partial charge on any atom is -0.360 e. The summed E-state index contributed by atoms with van der Waals surface area (Å²) in [4.78, 5) is 31.0. The first-order valence-corrected chi connectivity index (χ1v) is 13.0. The first-order valence-electron chi connectivity index (χ1n) is 12.1. The van der Waals surface area contributed by atoms with Gasteiger partial charge >= 0.3 is 0 Å². The standard InChI is InChI=1S/C25H37N3O3S/c1-17(2)13-27(14-18(3)4)11-6-10-26-23(29)21-20-8-9-25(31-20)16-28(24(30)22(21)25)15-19-7-5-12-32-19/h5,7-9,12,17-18,20-22H,6,10-11,13-16H2,1-4H3,(H,26,29)/p+1. The third-order valence-electron chi connectivity index (χ3n) is 6.81. The van der Waals surface area contributed by atoms with Gasteiger partial charge in [0.05, 0.1) is 50.7 Å². The van der Waals surface area contributed by atoms with Gasteiger partial charge in [-0.2, -0.15) is 0 Å². The molecule has 1 spiro atoms. The predicted molar refractivity (Wildman–Crippen MR) is 126 cm³/mol. The number of likely N-dealkylation sites (tertiary alicyclic amines) is 1. The molecule has 7 heteroatoms. The number of ether oxygens (including phenoxy) is 1. The normalized spacial score (nSPS) is 28.5. The number of nitrogens with one attached hydrogen (secondary N) is 2. The molecule has 1 aromatic heterocycles. The largest absolute Gasteiger partial charge is 0.360 e. The van der Waals surface area contributed by atoms with Crippen LogP contribution in [0.15, 0.2) is 29.7 Å². The summed E-state index contributed by atoms with van der Waals surface area (Å²) in [5, 5.41) is 5.15. The Labute approximate surface area is 196 Å². The van der Waals surface area contributed by atoms with Crippen LogP contribution in [0, 0.1) is 23.7 Å². The van der Waals surface area contributed by atoms with Gasteiger partial charge in [-0.05, 0) is 11.4 Å². The average Bonchev–Trinajstić information content (AvgIpc) is 3.47. The topological polar surface area (TPSA) is 63.1 Å². The quantitative estimate of drug-likeness (QED) is 0.391. The molecule has 0 saturated carbocycles. The van der Waals surface area contributed by atoms with E-state index in [2.05, 4.69) is 33.0 Å². The van der Waals surface area contributed by atoms with Crippen molar-refractivity contribution in [1.29, 1.82) is 0 Å². The Morgan fingerprint density at radius 1 is 1.31 bits per heavy atom. The lowest BCUT2D eigenvalue weighted by atomic mass is 9.77. The van der Waals surface area contributed by atoms with Crippen LogP contribution in [-0.4, -0.2) is 61.1 Å². The number of carbonyl (C=O) groups is 2. The average molecular weight is 461 g/mol. The fraction of sp³-hybridized carbons (Fsp3) is 0.680. The molecule has 4 rings (SSSR count). The lowest BCUT2D eigenvalue weighted by molar-refractivity contribution is -0.906. The van der Waals surface area contributed by atoms with Gasteiger partial charge in [0, 0.05) is 29.7 Å². The van der Waals surface area contributed by atoms with Gasteiger partial charge in [0.15, 0.2) is 0 Å². The molecule has 2 bridgehead atoms. The number of amides is 2. The maximum atomic E-state index is 13.3. The van der Waals surface area contributed by atoms with E-state index >= 15 is 0 Å². The molecule has 0 aromatic carbocycles. The van der Waals surface area contributed by atoms with Crippen molar-refractivity contribution in [1.82, 2.24) is 10.2 Å². The van der Waals surface area contributed by atoms with Gasteiger partial charge in [-0.3, -0.25) is 9.59 Å². The fourth-order valence-corrected chi connectivity index (χ4v) is 6.43. The molecule has 4 heterocycles. The van der Waals surface area contributed by atoms with Crippen molar-refractivity contribution in [2.24, 2.45) is 23.7 Å². The van der Waals surface area contributed by atoms with Gasteiger partial charge in [0.1, 0.15) is 5.60 Å². The maximum Gasteiger partial charge on any atom is 0.230 e. The van der Waals surface area contributed by atoms with Crippen LogP contribution in [0.25, 0.3) is 0 Å². The SMILES string of the molecule is CC(C)C[NH+](CCCNC(=O)C1C2C=CC3(CN(Cc4cccs4)C(=O)C13)O2)CC(C)C. The summed E-state index contributed by atoms with van der Waals surface area (Å²) >= 11 is 1.65. The maximum absolute atomic E-state index is 13.3. The molecule has 2 N–H and O–H groups in total. The molecule has 176 valence electrons. The molecular formula is C25H38N3O3S+. The molecule has 2 saturated heterocycles. The van der Waals surface area contributed by atoms with E-state index in [1.165, 1.54) is 0 Å². The molecule has 4 unspecified atom stereocenters. The number of carbonyl (C=O) groups excluding carboxylic acids is 2. The van der Waals surface area contributed by atoms with Crippen LogP contribution in [-0.2, 0) is 20.9 Å². The molecule has 6 nitrogen and oxygen atoms in total. The van der Waals surface area contributed by atoms with Gasteiger partial charge in [0.25, 0.3) is 0 Å². The van der Waals surface area contributed by atoms with Crippen LogP contribution < -0.4 is 10.2 Å². The third-order valence-corrected chi connectivity index (χ3v) is 7.67. The highest BCUT2D eigenvalue weighted by Crippen LogP contribution is 2.52. The molecule has 2 fully saturated rings. The van der Waals surface area contributed by atoms with E-state index < -0.39 is 17.4 Å². The van der Waals surface area contributed by atoms with E-state index in [-0.39, 0.29) is 17.9 Å². The lowest BCUT2D eigenvalue weighted by Crippen LogP contribution is -3.13. The van der Waals surface area contributed by atoms with Crippen molar-refractivity contribution in [3.8, 4) is 0 Å². The van der Waals surface area contributed by atoms with Gasteiger partial charge in [0.2, 0.25) is 11.8 Å². The zero-order chi connectivity index (χ0) is 22.9. The Morgan fingerprint density at radius 2 is 2.06 bits per heavy atom. The minimum absolute atomic E-state index is 0.0354. The highest BCUT2D eigenvalue weighted by Gasteiger charge is 2.66. The zero-order valence-electron chi connectivity index (χ0n) is 19.8. The molecule has 0 aliphatic carbocycles. The van der Waals surface area contributed by atoms with E-state index in [1.54, 1.807) is 16.2 Å². The van der Waals surface area contributed by atoms with Crippen molar-refractivity contribution >= 4 is 23.2 Å². The van der Waals surface area contributed by atoms with Gasteiger partial charge in [-0.25, -0.2) is 0 Å². The second-order valence-corrected chi connectivity index (χ2v) is 11.5. The Kier molecular flexibility index (Phi) is 7.08.